The van der Waals surface area contributed by atoms with Crippen molar-refractivity contribution >= 4 is 16.9 Å². The SMILES string of the molecule is CC(O)c1nc2ccc(C(=O)NCc3noc(-c4ccc(C(C)(C)C)cc4)n3)cc2[nH]1. The molecule has 160 valence electrons. The fourth-order valence-electron chi connectivity index (χ4n) is 3.19. The largest absolute Gasteiger partial charge is 0.385 e. The molecule has 8 heteroatoms. The molecule has 4 rings (SSSR count). The van der Waals surface area contributed by atoms with Crippen molar-refractivity contribution in [3.63, 3.8) is 0 Å². The number of rotatable bonds is 5. The highest BCUT2D eigenvalue weighted by atomic mass is 16.5. The molecule has 4 aromatic rings. The van der Waals surface area contributed by atoms with E-state index in [2.05, 4.69) is 58.3 Å². The van der Waals surface area contributed by atoms with E-state index in [1.54, 1.807) is 25.1 Å². The molecule has 0 fully saturated rings. The minimum Gasteiger partial charge on any atom is -0.385 e. The zero-order valence-corrected chi connectivity index (χ0v) is 17.9. The van der Waals surface area contributed by atoms with Gasteiger partial charge in [0.2, 0.25) is 0 Å². The summed E-state index contributed by atoms with van der Waals surface area (Å²) in [6.07, 6.45) is -0.707. The van der Waals surface area contributed by atoms with Gasteiger partial charge in [0.25, 0.3) is 11.8 Å². The summed E-state index contributed by atoms with van der Waals surface area (Å²) in [6.45, 7) is 8.24. The second-order valence-electron chi connectivity index (χ2n) is 8.56. The van der Waals surface area contributed by atoms with Gasteiger partial charge in [0.15, 0.2) is 5.82 Å². The third-order valence-corrected chi connectivity index (χ3v) is 5.03. The van der Waals surface area contributed by atoms with E-state index in [1.165, 1.54) is 5.56 Å². The van der Waals surface area contributed by atoms with Gasteiger partial charge < -0.3 is 19.9 Å². The van der Waals surface area contributed by atoms with Crippen molar-refractivity contribution in [2.45, 2.75) is 45.8 Å². The second kappa shape index (κ2) is 7.96. The summed E-state index contributed by atoms with van der Waals surface area (Å²) in [7, 11) is 0. The molecule has 3 N–H and O–H groups in total. The van der Waals surface area contributed by atoms with Gasteiger partial charge in [-0.15, -0.1) is 0 Å². The van der Waals surface area contributed by atoms with E-state index in [0.29, 0.717) is 34.1 Å². The second-order valence-corrected chi connectivity index (χ2v) is 8.56. The molecular formula is C23H25N5O3. The molecule has 1 unspecified atom stereocenters. The van der Waals surface area contributed by atoms with Crippen LogP contribution in [0.25, 0.3) is 22.5 Å². The first-order chi connectivity index (χ1) is 14.7. The Labute approximate surface area is 179 Å². The van der Waals surface area contributed by atoms with E-state index in [-0.39, 0.29) is 17.9 Å². The first-order valence-electron chi connectivity index (χ1n) is 10.1. The molecule has 2 aromatic carbocycles. The zero-order valence-electron chi connectivity index (χ0n) is 17.9. The lowest BCUT2D eigenvalue weighted by Crippen LogP contribution is -2.23. The number of imidazole rings is 1. The molecule has 0 radical (unpaired) electrons. The molecule has 31 heavy (non-hydrogen) atoms. The number of hydrogen-bond donors (Lipinski definition) is 3. The molecule has 0 saturated carbocycles. The highest BCUT2D eigenvalue weighted by Crippen LogP contribution is 2.25. The quantitative estimate of drug-likeness (QED) is 0.452. The van der Waals surface area contributed by atoms with E-state index < -0.39 is 6.10 Å². The molecule has 2 heterocycles. The minimum atomic E-state index is -0.707. The minimum absolute atomic E-state index is 0.0694. The summed E-state index contributed by atoms with van der Waals surface area (Å²) in [5.74, 6) is 0.995. The number of aromatic amines is 1. The van der Waals surface area contributed by atoms with Crippen LogP contribution >= 0.6 is 0 Å². The van der Waals surface area contributed by atoms with E-state index >= 15 is 0 Å². The van der Waals surface area contributed by atoms with Crippen LogP contribution in [0, 0.1) is 0 Å². The number of aliphatic hydroxyl groups excluding tert-OH is 1. The number of H-pyrrole nitrogens is 1. The Morgan fingerprint density at radius 2 is 1.90 bits per heavy atom. The van der Waals surface area contributed by atoms with Gasteiger partial charge in [-0.2, -0.15) is 4.98 Å². The smallest absolute Gasteiger partial charge is 0.257 e. The monoisotopic (exact) mass is 419 g/mol. The van der Waals surface area contributed by atoms with Crippen LogP contribution < -0.4 is 5.32 Å². The van der Waals surface area contributed by atoms with Gasteiger partial charge in [0.05, 0.1) is 17.6 Å². The van der Waals surface area contributed by atoms with E-state index in [0.717, 1.165) is 5.56 Å². The van der Waals surface area contributed by atoms with Gasteiger partial charge in [-0.1, -0.05) is 38.1 Å². The number of hydrogen-bond acceptors (Lipinski definition) is 6. The van der Waals surface area contributed by atoms with Crippen LogP contribution in [0.3, 0.4) is 0 Å². The highest BCUT2D eigenvalue weighted by Gasteiger charge is 2.16. The Kier molecular flexibility index (Phi) is 5.32. The number of aromatic nitrogens is 4. The maximum atomic E-state index is 12.5. The van der Waals surface area contributed by atoms with Crippen LogP contribution in [0.4, 0.5) is 0 Å². The zero-order chi connectivity index (χ0) is 22.2. The summed E-state index contributed by atoms with van der Waals surface area (Å²) in [5, 5.41) is 16.4. The maximum absolute atomic E-state index is 12.5. The molecule has 8 nitrogen and oxygen atoms in total. The van der Waals surface area contributed by atoms with Crippen LogP contribution in [-0.4, -0.2) is 31.1 Å². The van der Waals surface area contributed by atoms with Crippen molar-refractivity contribution in [3.8, 4) is 11.5 Å². The van der Waals surface area contributed by atoms with E-state index in [9.17, 15) is 9.90 Å². The van der Waals surface area contributed by atoms with Crippen LogP contribution in [0.1, 0.15) is 61.4 Å². The van der Waals surface area contributed by atoms with Crippen molar-refractivity contribution in [2.75, 3.05) is 0 Å². The van der Waals surface area contributed by atoms with Crippen LogP contribution in [0.5, 0.6) is 0 Å². The number of aliphatic hydroxyl groups is 1. The summed E-state index contributed by atoms with van der Waals surface area (Å²) in [6, 6.07) is 13.1. The van der Waals surface area contributed by atoms with Crippen LogP contribution in [0.15, 0.2) is 47.0 Å². The third kappa shape index (κ3) is 4.49. The Morgan fingerprint density at radius 3 is 2.58 bits per heavy atom. The van der Waals surface area contributed by atoms with Gasteiger partial charge in [0, 0.05) is 11.1 Å². The standard InChI is InChI=1S/C23H25N5O3/c1-13(29)20-25-17-10-7-15(11-18(17)26-20)21(30)24-12-19-27-22(31-28-19)14-5-8-16(9-6-14)23(2,3)4/h5-11,13,29H,12H2,1-4H3,(H,24,30)(H,25,26). The lowest BCUT2D eigenvalue weighted by Gasteiger charge is -2.18. The summed E-state index contributed by atoms with van der Waals surface area (Å²) in [5.41, 5.74) is 3.96. The topological polar surface area (TPSA) is 117 Å². The molecule has 1 atom stereocenters. The number of carbonyl (C=O) groups excluding carboxylic acids is 1. The van der Waals surface area contributed by atoms with Crippen molar-refractivity contribution in [3.05, 3.63) is 65.2 Å². The van der Waals surface area contributed by atoms with E-state index in [4.69, 9.17) is 4.52 Å². The molecule has 0 aliphatic carbocycles. The molecule has 0 bridgehead atoms. The summed E-state index contributed by atoms with van der Waals surface area (Å²) >= 11 is 0. The Bertz CT molecular complexity index is 1220. The number of amides is 1. The molecule has 0 saturated heterocycles. The van der Waals surface area contributed by atoms with Crippen LogP contribution in [-0.2, 0) is 12.0 Å². The molecular weight excluding hydrogens is 394 g/mol. The van der Waals surface area contributed by atoms with Gasteiger partial charge in [-0.25, -0.2) is 4.98 Å². The van der Waals surface area contributed by atoms with Crippen molar-refractivity contribution in [2.24, 2.45) is 0 Å². The number of carbonyl (C=O) groups is 1. The Hall–Kier alpha value is -3.52. The first-order valence-corrected chi connectivity index (χ1v) is 10.1. The fourth-order valence-corrected chi connectivity index (χ4v) is 3.19. The van der Waals surface area contributed by atoms with Crippen LogP contribution in [0.2, 0.25) is 0 Å². The molecule has 0 aliphatic heterocycles. The maximum Gasteiger partial charge on any atom is 0.257 e. The van der Waals surface area contributed by atoms with Crippen molar-refractivity contribution in [1.82, 2.24) is 25.4 Å². The van der Waals surface area contributed by atoms with Crippen molar-refractivity contribution < 1.29 is 14.4 Å². The normalized spacial score (nSPS) is 12.8. The lowest BCUT2D eigenvalue weighted by molar-refractivity contribution is 0.0949. The molecule has 1 amide bonds. The van der Waals surface area contributed by atoms with Crippen molar-refractivity contribution in [1.29, 1.82) is 0 Å². The Morgan fingerprint density at radius 1 is 1.16 bits per heavy atom. The number of benzene rings is 2. The fraction of sp³-hybridized carbons (Fsp3) is 0.304. The van der Waals surface area contributed by atoms with E-state index in [1.807, 2.05) is 12.1 Å². The summed E-state index contributed by atoms with van der Waals surface area (Å²) in [4.78, 5) is 24.2. The predicted octanol–water partition coefficient (Wildman–Crippen LogP) is 3.89. The van der Waals surface area contributed by atoms with Gasteiger partial charge in [0.1, 0.15) is 11.9 Å². The first kappa shape index (κ1) is 20.7. The van der Waals surface area contributed by atoms with Gasteiger partial charge in [-0.05, 0) is 48.2 Å². The lowest BCUT2D eigenvalue weighted by atomic mass is 9.87. The third-order valence-electron chi connectivity index (χ3n) is 5.03. The predicted molar refractivity (Wildman–Crippen MR) is 116 cm³/mol. The number of nitrogens with one attached hydrogen (secondary N) is 2. The van der Waals surface area contributed by atoms with Gasteiger partial charge in [-0.3, -0.25) is 4.79 Å². The number of fused-ring (bicyclic) bond motifs is 1. The Balaban J connectivity index is 1.42. The molecule has 0 aliphatic rings. The van der Waals surface area contributed by atoms with Gasteiger partial charge >= 0.3 is 0 Å². The number of nitrogens with zero attached hydrogens (tertiary/aromatic N) is 3. The molecule has 0 spiro atoms. The molecule has 2 aromatic heterocycles. The average Bonchev–Trinajstić information content (AvgIpc) is 3.38. The highest BCUT2D eigenvalue weighted by molar-refractivity contribution is 5.97. The summed E-state index contributed by atoms with van der Waals surface area (Å²) < 4.78 is 5.35. The average molecular weight is 419 g/mol.